The molecule has 0 aliphatic carbocycles. The van der Waals surface area contributed by atoms with Crippen LogP contribution in [0.3, 0.4) is 0 Å². The van der Waals surface area contributed by atoms with Gasteiger partial charge in [-0.1, -0.05) is 63.1 Å². The number of hydrogen-bond acceptors (Lipinski definition) is 0. The largest absolute Gasteiger partial charge is 0.0686 e. The molecule has 1 aromatic carbocycles. The summed E-state index contributed by atoms with van der Waals surface area (Å²) in [5.74, 6) is 0.621. The quantitative estimate of drug-likeness (QED) is 0.674. The van der Waals surface area contributed by atoms with E-state index in [9.17, 15) is 0 Å². The van der Waals surface area contributed by atoms with Crippen LogP contribution >= 0.6 is 0 Å². The smallest absolute Gasteiger partial charge is 0.0193 e. The summed E-state index contributed by atoms with van der Waals surface area (Å²) < 4.78 is 0. The molecule has 0 fully saturated rings. The Morgan fingerprint density at radius 1 is 0.875 bits per heavy atom. The molecule has 0 atom stereocenters. The second kappa shape index (κ2) is 7.27. The fourth-order valence-electron chi connectivity index (χ4n) is 1.57. The molecule has 0 nitrogen and oxygen atoms in total. The summed E-state index contributed by atoms with van der Waals surface area (Å²) in [4.78, 5) is 0. The Bertz CT molecular complexity index is 418. The number of rotatable bonds is 1. The fourth-order valence-corrected chi connectivity index (χ4v) is 1.57. The van der Waals surface area contributed by atoms with Gasteiger partial charge in [0.2, 0.25) is 0 Å². The van der Waals surface area contributed by atoms with E-state index in [2.05, 4.69) is 58.9 Å². The van der Waals surface area contributed by atoms with Crippen molar-refractivity contribution in [3.05, 3.63) is 34.7 Å². The fraction of sp³-hybridized carbons (Fsp3) is 0.500. The van der Waals surface area contributed by atoms with E-state index < -0.39 is 0 Å². The lowest BCUT2D eigenvalue weighted by Gasteiger charge is -2.05. The lowest BCUT2D eigenvalue weighted by molar-refractivity contribution is 0.840. The highest BCUT2D eigenvalue weighted by Gasteiger charge is 1.98. The predicted molar refractivity (Wildman–Crippen MR) is 75.7 cm³/mol. The Morgan fingerprint density at radius 2 is 1.31 bits per heavy atom. The van der Waals surface area contributed by atoms with Gasteiger partial charge < -0.3 is 0 Å². The van der Waals surface area contributed by atoms with Gasteiger partial charge in [-0.05, 0) is 37.1 Å². The van der Waals surface area contributed by atoms with E-state index in [0.29, 0.717) is 5.92 Å². The Labute approximate surface area is 101 Å². The van der Waals surface area contributed by atoms with Crippen LogP contribution < -0.4 is 10.4 Å². The molecule has 1 aromatic rings. The summed E-state index contributed by atoms with van der Waals surface area (Å²) in [5.41, 5.74) is 2.86. The minimum Gasteiger partial charge on any atom is -0.0686 e. The topological polar surface area (TPSA) is 0 Å². The molecule has 90 valence electrons. The van der Waals surface area contributed by atoms with Crippen LogP contribution in [-0.2, 0) is 0 Å². The SMILES string of the molecule is CC.CC(C)=c1cccc/c1=C(/C)C(C)C. The van der Waals surface area contributed by atoms with Crippen molar-refractivity contribution in [3.8, 4) is 0 Å². The van der Waals surface area contributed by atoms with Crippen LogP contribution in [0.25, 0.3) is 11.1 Å². The second-order valence-electron chi connectivity index (χ2n) is 4.38. The van der Waals surface area contributed by atoms with E-state index >= 15 is 0 Å². The molecule has 0 saturated carbocycles. The Kier molecular flexibility index (Phi) is 6.80. The molecule has 1 rings (SSSR count). The maximum absolute atomic E-state index is 2.25. The van der Waals surface area contributed by atoms with Gasteiger partial charge in [0, 0.05) is 0 Å². The van der Waals surface area contributed by atoms with Crippen molar-refractivity contribution in [1.82, 2.24) is 0 Å². The highest BCUT2D eigenvalue weighted by atomic mass is 14.0. The van der Waals surface area contributed by atoms with Crippen molar-refractivity contribution < 1.29 is 0 Å². The summed E-state index contributed by atoms with van der Waals surface area (Å²) in [6, 6.07) is 8.65. The lowest BCUT2D eigenvalue weighted by Crippen LogP contribution is -2.28. The van der Waals surface area contributed by atoms with Crippen LogP contribution in [0.5, 0.6) is 0 Å². The average Bonchev–Trinajstić information content (AvgIpc) is 2.30. The first-order valence-electron chi connectivity index (χ1n) is 6.27. The standard InChI is InChI=1S/C14H20.C2H6/c1-10(2)12(5)14-9-7-6-8-13(14)11(3)4;1-2/h6-10H,1-5H3;1-2H3/b14-12+;. The summed E-state index contributed by atoms with van der Waals surface area (Å²) in [7, 11) is 0. The first-order valence-corrected chi connectivity index (χ1v) is 6.27. The zero-order valence-corrected chi connectivity index (χ0v) is 11.9. The van der Waals surface area contributed by atoms with Crippen molar-refractivity contribution in [2.24, 2.45) is 5.92 Å². The van der Waals surface area contributed by atoms with E-state index in [1.165, 1.54) is 21.6 Å². The first kappa shape index (κ1) is 15.0. The van der Waals surface area contributed by atoms with Crippen LogP contribution in [0, 0.1) is 5.92 Å². The average molecular weight is 218 g/mol. The van der Waals surface area contributed by atoms with Crippen molar-refractivity contribution in [2.45, 2.75) is 48.5 Å². The molecule has 0 unspecified atom stereocenters. The highest BCUT2D eigenvalue weighted by molar-refractivity contribution is 5.48. The molecule has 0 aliphatic heterocycles. The molecule has 0 heterocycles. The molecule has 0 radical (unpaired) electrons. The molecule has 0 N–H and O–H groups in total. The summed E-state index contributed by atoms with van der Waals surface area (Å²) >= 11 is 0. The Morgan fingerprint density at radius 3 is 1.69 bits per heavy atom. The minimum absolute atomic E-state index is 0.621. The van der Waals surface area contributed by atoms with Gasteiger partial charge in [0.15, 0.2) is 0 Å². The summed E-state index contributed by atoms with van der Waals surface area (Å²) in [5, 5.41) is 2.79. The molecule has 0 heteroatoms. The monoisotopic (exact) mass is 218 g/mol. The zero-order valence-electron chi connectivity index (χ0n) is 11.9. The molecule has 0 spiro atoms. The molecule has 0 amide bonds. The molecule has 16 heavy (non-hydrogen) atoms. The van der Waals surface area contributed by atoms with Crippen LogP contribution in [-0.4, -0.2) is 0 Å². The van der Waals surface area contributed by atoms with Gasteiger partial charge >= 0.3 is 0 Å². The number of hydrogen-bond donors (Lipinski definition) is 0. The van der Waals surface area contributed by atoms with E-state index in [0.717, 1.165) is 0 Å². The third kappa shape index (κ3) is 3.84. The van der Waals surface area contributed by atoms with E-state index in [-0.39, 0.29) is 0 Å². The van der Waals surface area contributed by atoms with E-state index in [1.807, 2.05) is 13.8 Å². The molecular weight excluding hydrogens is 192 g/mol. The van der Waals surface area contributed by atoms with Gasteiger partial charge in [0.05, 0.1) is 0 Å². The van der Waals surface area contributed by atoms with Gasteiger partial charge in [-0.2, -0.15) is 0 Å². The summed E-state index contributed by atoms with van der Waals surface area (Å²) in [6.45, 7) is 15.1. The highest BCUT2D eigenvalue weighted by Crippen LogP contribution is 2.05. The molecule has 0 aliphatic rings. The second-order valence-corrected chi connectivity index (χ2v) is 4.38. The number of benzene rings is 1. The van der Waals surface area contributed by atoms with Crippen LogP contribution in [0.2, 0.25) is 0 Å². The molecule has 0 aromatic heterocycles. The molecule has 0 saturated heterocycles. The summed E-state index contributed by atoms with van der Waals surface area (Å²) in [6.07, 6.45) is 0. The van der Waals surface area contributed by atoms with E-state index in [1.54, 1.807) is 0 Å². The van der Waals surface area contributed by atoms with Crippen LogP contribution in [0.15, 0.2) is 24.3 Å². The van der Waals surface area contributed by atoms with Gasteiger partial charge in [0.25, 0.3) is 0 Å². The third-order valence-corrected chi connectivity index (χ3v) is 2.76. The van der Waals surface area contributed by atoms with Gasteiger partial charge in [-0.3, -0.25) is 0 Å². The zero-order chi connectivity index (χ0) is 12.7. The maximum atomic E-state index is 2.25. The first-order chi connectivity index (χ1) is 7.54. The van der Waals surface area contributed by atoms with Crippen molar-refractivity contribution >= 4 is 11.1 Å². The Balaban J connectivity index is 0.00000106. The van der Waals surface area contributed by atoms with E-state index in [4.69, 9.17) is 0 Å². The minimum atomic E-state index is 0.621. The molecular formula is C16H26. The normalized spacial score (nSPS) is 11.8. The van der Waals surface area contributed by atoms with Gasteiger partial charge in [0.1, 0.15) is 0 Å². The Hall–Kier alpha value is -1.04. The van der Waals surface area contributed by atoms with Crippen molar-refractivity contribution in [1.29, 1.82) is 0 Å². The van der Waals surface area contributed by atoms with Crippen molar-refractivity contribution in [2.75, 3.05) is 0 Å². The van der Waals surface area contributed by atoms with Gasteiger partial charge in [-0.15, -0.1) is 0 Å². The van der Waals surface area contributed by atoms with Crippen LogP contribution in [0.4, 0.5) is 0 Å². The molecule has 0 bridgehead atoms. The van der Waals surface area contributed by atoms with Gasteiger partial charge in [-0.25, -0.2) is 0 Å². The lowest BCUT2D eigenvalue weighted by atomic mass is 10.00. The maximum Gasteiger partial charge on any atom is -0.0193 e. The van der Waals surface area contributed by atoms with Crippen LogP contribution in [0.1, 0.15) is 48.5 Å². The predicted octanol–water partition coefficient (Wildman–Crippen LogP) is 3.73. The van der Waals surface area contributed by atoms with Crippen molar-refractivity contribution in [3.63, 3.8) is 0 Å². The third-order valence-electron chi connectivity index (χ3n) is 2.76.